The van der Waals surface area contributed by atoms with Crippen LogP contribution < -0.4 is 5.32 Å². The van der Waals surface area contributed by atoms with E-state index in [1.165, 1.54) is 4.57 Å². The Hall–Kier alpha value is -3.39. The monoisotopic (exact) mass is 514 g/mol. The Kier molecular flexibility index (Phi) is 7.36. The minimum Gasteiger partial charge on any atom is -0.387 e. The molecule has 3 heterocycles. The van der Waals surface area contributed by atoms with Crippen LogP contribution in [-0.2, 0) is 14.0 Å². The molecule has 1 aromatic carbocycles. The minimum absolute atomic E-state index is 0.133. The van der Waals surface area contributed by atoms with Gasteiger partial charge in [0.1, 0.15) is 42.2 Å². The van der Waals surface area contributed by atoms with Crippen LogP contribution in [0.2, 0.25) is 0 Å². The van der Waals surface area contributed by atoms with E-state index >= 15 is 0 Å². The molecule has 14 heteroatoms. The van der Waals surface area contributed by atoms with Crippen molar-refractivity contribution in [2.75, 3.05) is 18.3 Å². The number of aliphatic hydroxyl groups is 2. The van der Waals surface area contributed by atoms with Crippen LogP contribution in [0.25, 0.3) is 11.0 Å². The first-order chi connectivity index (χ1) is 17.1. The highest BCUT2D eigenvalue weighted by molar-refractivity contribution is 7.51. The van der Waals surface area contributed by atoms with Crippen LogP contribution in [0.1, 0.15) is 36.1 Å². The van der Waals surface area contributed by atoms with Gasteiger partial charge in [-0.1, -0.05) is 12.1 Å². The highest BCUT2D eigenvalue weighted by Crippen LogP contribution is 2.36. The summed E-state index contributed by atoms with van der Waals surface area (Å²) >= 11 is 0. The maximum absolute atomic E-state index is 11.0. The summed E-state index contributed by atoms with van der Waals surface area (Å²) in [4.78, 5) is 26.4. The van der Waals surface area contributed by atoms with E-state index in [1.807, 2.05) is 25.1 Å². The lowest BCUT2D eigenvalue weighted by Gasteiger charge is -2.19. The van der Waals surface area contributed by atoms with Gasteiger partial charge in [0.05, 0.1) is 23.6 Å². The van der Waals surface area contributed by atoms with Crippen molar-refractivity contribution in [3.05, 3.63) is 53.5 Å². The molecule has 4 rings (SSSR count). The van der Waals surface area contributed by atoms with Crippen LogP contribution in [0.4, 0.5) is 5.82 Å². The average Bonchev–Trinajstić information content (AvgIpc) is 3.39. The molecular weight excluding hydrogens is 491 g/mol. The molecule has 0 radical (unpaired) electrons. The van der Waals surface area contributed by atoms with Crippen molar-refractivity contribution in [1.29, 1.82) is 10.5 Å². The Bertz CT molecular complexity index is 1380. The van der Waals surface area contributed by atoms with Gasteiger partial charge in [0.15, 0.2) is 6.23 Å². The molecule has 0 amide bonds. The van der Waals surface area contributed by atoms with E-state index < -0.39 is 38.5 Å². The molecule has 0 aliphatic carbocycles. The third-order valence-corrected chi connectivity index (χ3v) is 6.24. The molecule has 188 valence electrons. The summed E-state index contributed by atoms with van der Waals surface area (Å²) in [5.74, 6) is 0.230. The third kappa shape index (κ3) is 5.38. The molecule has 0 bridgehead atoms. The fraction of sp³-hybridized carbons (Fsp3) is 0.364. The molecule has 5 atom stereocenters. The molecule has 1 saturated heterocycles. The van der Waals surface area contributed by atoms with Crippen molar-refractivity contribution in [2.45, 2.75) is 37.5 Å². The number of nitriles is 2. The fourth-order valence-electron chi connectivity index (χ4n) is 3.92. The van der Waals surface area contributed by atoms with Crippen molar-refractivity contribution in [3.63, 3.8) is 0 Å². The number of nitrogens with one attached hydrogen (secondary N) is 1. The topological polar surface area (TPSA) is 207 Å². The summed E-state index contributed by atoms with van der Waals surface area (Å²) in [5.41, 5.74) is 1.68. The van der Waals surface area contributed by atoms with Gasteiger partial charge in [0, 0.05) is 12.2 Å². The summed E-state index contributed by atoms with van der Waals surface area (Å²) in [6.07, 6.45) is -4.24. The number of anilines is 1. The lowest BCUT2D eigenvalue weighted by Crippen LogP contribution is -2.33. The Balaban J connectivity index is 1.60. The van der Waals surface area contributed by atoms with Crippen LogP contribution in [0, 0.1) is 22.7 Å². The van der Waals surface area contributed by atoms with E-state index in [0.29, 0.717) is 16.8 Å². The molecular formula is C22H23N6O7P. The molecule has 0 spiro atoms. The predicted molar refractivity (Wildman–Crippen MR) is 124 cm³/mol. The van der Waals surface area contributed by atoms with E-state index in [4.69, 9.17) is 24.5 Å². The summed E-state index contributed by atoms with van der Waals surface area (Å²) in [6, 6.07) is 12.4. The Morgan fingerprint density at radius 1 is 1.17 bits per heavy atom. The lowest BCUT2D eigenvalue weighted by molar-refractivity contribution is -0.0610. The highest BCUT2D eigenvalue weighted by atomic mass is 31.2. The van der Waals surface area contributed by atoms with Crippen LogP contribution in [0.3, 0.4) is 0 Å². The lowest BCUT2D eigenvalue weighted by atomic mass is 10.1. The zero-order valence-electron chi connectivity index (χ0n) is 19.0. The summed E-state index contributed by atoms with van der Waals surface area (Å²) in [7, 11) is -4.40. The normalized spacial score (nSPS) is 22.8. The first-order valence-corrected chi connectivity index (χ1v) is 12.6. The number of nitrogens with zero attached hydrogens (tertiary/aromatic N) is 5. The first kappa shape index (κ1) is 25.7. The molecule has 1 fully saturated rings. The van der Waals surface area contributed by atoms with Crippen LogP contribution >= 0.6 is 7.60 Å². The fourth-order valence-corrected chi connectivity index (χ4v) is 4.26. The average molecular weight is 514 g/mol. The van der Waals surface area contributed by atoms with Crippen molar-refractivity contribution in [2.24, 2.45) is 0 Å². The largest absolute Gasteiger partial charge is 0.387 e. The van der Waals surface area contributed by atoms with Crippen molar-refractivity contribution in [1.82, 2.24) is 14.5 Å². The zero-order chi connectivity index (χ0) is 26.0. The molecule has 36 heavy (non-hydrogen) atoms. The van der Waals surface area contributed by atoms with E-state index in [2.05, 4.69) is 21.4 Å². The second kappa shape index (κ2) is 10.3. The van der Waals surface area contributed by atoms with Gasteiger partial charge >= 0.3 is 7.60 Å². The summed E-state index contributed by atoms with van der Waals surface area (Å²) < 4.78 is 23.1. The van der Waals surface area contributed by atoms with Crippen molar-refractivity contribution >= 4 is 24.4 Å². The Labute approximate surface area is 205 Å². The van der Waals surface area contributed by atoms with Crippen LogP contribution in [-0.4, -0.2) is 65.8 Å². The number of aliphatic hydroxyl groups excluding tert-OH is 2. The quantitative estimate of drug-likeness (QED) is 0.268. The molecule has 1 aliphatic rings. The maximum atomic E-state index is 11.0. The summed E-state index contributed by atoms with van der Waals surface area (Å²) in [6.45, 7) is 1.53. The van der Waals surface area contributed by atoms with Gasteiger partial charge < -0.3 is 39.4 Å². The second-order valence-electron chi connectivity index (χ2n) is 8.28. The first-order valence-electron chi connectivity index (χ1n) is 10.8. The molecule has 3 aromatic rings. The number of aromatic nitrogens is 3. The number of benzene rings is 1. The van der Waals surface area contributed by atoms with Gasteiger partial charge in [-0.25, -0.2) is 9.97 Å². The molecule has 1 aliphatic heterocycles. The van der Waals surface area contributed by atoms with Gasteiger partial charge in [-0.15, -0.1) is 0 Å². The van der Waals surface area contributed by atoms with Crippen LogP contribution in [0.5, 0.6) is 0 Å². The molecule has 1 unspecified atom stereocenters. The van der Waals surface area contributed by atoms with Crippen molar-refractivity contribution < 1.29 is 34.0 Å². The standard InChI is InChI=1S/C22H23N6O7P/c1-12(14-4-2-13(8-23)3-5-14)25-20-15-6-7-28(21(15)27-17(9-24)26-20)22-19(30)18(29)16(35-22)10-34-11-36(31,32)33/h2-7,12,16,18-19,22,29-30H,10-11H2,1H3,(H,25,26,27)(H2,31,32,33)/t12?,16-,18-,19-,22-/m1/s1. The number of ether oxygens (including phenoxy) is 2. The van der Waals surface area contributed by atoms with Crippen LogP contribution in [0.15, 0.2) is 36.5 Å². The smallest absolute Gasteiger partial charge is 0.350 e. The molecule has 5 N–H and O–H groups in total. The number of hydrogen-bond donors (Lipinski definition) is 5. The predicted octanol–water partition coefficient (Wildman–Crippen LogP) is 1.12. The van der Waals surface area contributed by atoms with E-state index in [1.54, 1.807) is 24.4 Å². The summed E-state index contributed by atoms with van der Waals surface area (Å²) in [5, 5.41) is 43.2. The van der Waals surface area contributed by atoms with E-state index in [9.17, 15) is 20.0 Å². The number of rotatable bonds is 8. The zero-order valence-corrected chi connectivity index (χ0v) is 19.9. The molecule has 0 saturated carbocycles. The van der Waals surface area contributed by atoms with Crippen molar-refractivity contribution in [3.8, 4) is 12.1 Å². The van der Waals surface area contributed by atoms with Gasteiger partial charge in [0.25, 0.3) is 0 Å². The Morgan fingerprint density at radius 2 is 1.89 bits per heavy atom. The van der Waals surface area contributed by atoms with Gasteiger partial charge in [-0.05, 0) is 30.7 Å². The molecule has 2 aromatic heterocycles. The minimum atomic E-state index is -4.40. The van der Waals surface area contributed by atoms with Gasteiger partial charge in [-0.3, -0.25) is 4.57 Å². The maximum Gasteiger partial charge on any atom is 0.350 e. The van der Waals surface area contributed by atoms with E-state index in [-0.39, 0.29) is 24.1 Å². The third-order valence-electron chi connectivity index (χ3n) is 5.72. The van der Waals surface area contributed by atoms with Gasteiger partial charge in [0.2, 0.25) is 5.82 Å². The SMILES string of the molecule is CC(Nc1nc(C#N)nc2c1ccn2[C@@H]1O[C@H](COCP(=O)(O)O)[C@@H](O)[C@H]1O)c1ccc(C#N)cc1. The van der Waals surface area contributed by atoms with E-state index in [0.717, 1.165) is 5.56 Å². The number of fused-ring (bicyclic) bond motifs is 1. The highest BCUT2D eigenvalue weighted by Gasteiger charge is 2.44. The Morgan fingerprint density at radius 3 is 2.53 bits per heavy atom. The second-order valence-corrected chi connectivity index (χ2v) is 9.87. The number of hydrogen-bond acceptors (Lipinski definition) is 10. The molecule has 13 nitrogen and oxygen atoms in total. The van der Waals surface area contributed by atoms with Gasteiger partial charge in [-0.2, -0.15) is 10.5 Å².